The zero-order valence-corrected chi connectivity index (χ0v) is 6.67. The van der Waals surface area contributed by atoms with Gasteiger partial charge in [-0.25, -0.2) is 5.10 Å². The van der Waals surface area contributed by atoms with Crippen LogP contribution in [0.15, 0.2) is 23.1 Å². The molecular formula is C7H4ClN3O. The van der Waals surface area contributed by atoms with Gasteiger partial charge in [0, 0.05) is 11.6 Å². The van der Waals surface area contributed by atoms with Crippen molar-refractivity contribution >= 4 is 22.5 Å². The van der Waals surface area contributed by atoms with Crippen molar-refractivity contribution in [3.05, 3.63) is 33.8 Å². The molecule has 0 unspecified atom stereocenters. The van der Waals surface area contributed by atoms with Gasteiger partial charge in [0.05, 0.1) is 0 Å². The van der Waals surface area contributed by atoms with E-state index in [4.69, 9.17) is 11.6 Å². The Bertz CT molecular complexity index is 479. The lowest BCUT2D eigenvalue weighted by Gasteiger charge is -1.94. The van der Waals surface area contributed by atoms with Gasteiger partial charge in [-0.2, -0.15) is 5.10 Å². The molecular weight excluding hydrogens is 178 g/mol. The van der Waals surface area contributed by atoms with Gasteiger partial charge in [0.15, 0.2) is 5.15 Å². The third-order valence-corrected chi connectivity index (χ3v) is 1.79. The predicted octanol–water partition coefficient (Wildman–Crippen LogP) is 0.971. The largest absolute Gasteiger partial charge is 0.290 e. The number of H-pyrrole nitrogens is 1. The fraction of sp³-hybridized carbons (Fsp3) is 0. The summed E-state index contributed by atoms with van der Waals surface area (Å²) >= 11 is 5.71. The van der Waals surface area contributed by atoms with Gasteiger partial charge in [0.1, 0.15) is 5.52 Å². The van der Waals surface area contributed by atoms with Crippen LogP contribution < -0.4 is 5.56 Å². The van der Waals surface area contributed by atoms with E-state index in [0.717, 1.165) is 0 Å². The molecule has 0 saturated heterocycles. The molecule has 1 N–H and O–H groups in total. The minimum absolute atomic E-state index is 0.262. The van der Waals surface area contributed by atoms with Crippen LogP contribution in [0.1, 0.15) is 0 Å². The van der Waals surface area contributed by atoms with Crippen molar-refractivity contribution in [2.24, 2.45) is 0 Å². The monoisotopic (exact) mass is 181 g/mol. The number of fused-ring (bicyclic) bond motifs is 1. The molecule has 0 aromatic carbocycles. The Balaban J connectivity index is 3.05. The van der Waals surface area contributed by atoms with Gasteiger partial charge in [-0.1, -0.05) is 11.6 Å². The number of nitrogens with one attached hydrogen (secondary N) is 1. The van der Waals surface area contributed by atoms with Crippen LogP contribution in [0.5, 0.6) is 0 Å². The highest BCUT2D eigenvalue weighted by Gasteiger charge is 2.02. The van der Waals surface area contributed by atoms with E-state index >= 15 is 0 Å². The van der Waals surface area contributed by atoms with Gasteiger partial charge in [-0.05, 0) is 12.1 Å². The Morgan fingerprint density at radius 2 is 2.33 bits per heavy atom. The van der Waals surface area contributed by atoms with Crippen molar-refractivity contribution in [2.45, 2.75) is 0 Å². The van der Waals surface area contributed by atoms with Crippen LogP contribution in [0.3, 0.4) is 0 Å². The van der Waals surface area contributed by atoms with Crippen molar-refractivity contribution in [1.29, 1.82) is 0 Å². The molecule has 0 amide bonds. The van der Waals surface area contributed by atoms with E-state index in [1.165, 1.54) is 6.20 Å². The standard InChI is InChI=1S/C7H4ClN3O/c8-6-4-2-1-3-9-5(4)7(12)11-10-6/h1-3H,(H,11,12). The number of rotatable bonds is 0. The summed E-state index contributed by atoms with van der Waals surface area (Å²) in [5, 5.41) is 6.67. The fourth-order valence-corrected chi connectivity index (χ4v) is 1.16. The summed E-state index contributed by atoms with van der Waals surface area (Å²) in [6, 6.07) is 3.40. The van der Waals surface area contributed by atoms with Crippen molar-refractivity contribution in [1.82, 2.24) is 15.2 Å². The Kier molecular flexibility index (Phi) is 1.55. The highest BCUT2D eigenvalue weighted by molar-refractivity contribution is 6.33. The SMILES string of the molecule is O=c1[nH]nc(Cl)c2cccnc12. The first-order valence-corrected chi connectivity index (χ1v) is 3.66. The maximum Gasteiger partial charge on any atom is 0.290 e. The van der Waals surface area contributed by atoms with Crippen molar-refractivity contribution in [3.63, 3.8) is 0 Å². The summed E-state index contributed by atoms with van der Waals surface area (Å²) in [5.74, 6) is 0. The van der Waals surface area contributed by atoms with Gasteiger partial charge < -0.3 is 0 Å². The van der Waals surface area contributed by atoms with E-state index in [1.807, 2.05) is 0 Å². The minimum Gasteiger partial charge on any atom is -0.266 e. The molecule has 4 nitrogen and oxygen atoms in total. The highest BCUT2D eigenvalue weighted by atomic mass is 35.5. The van der Waals surface area contributed by atoms with Gasteiger partial charge in [0.25, 0.3) is 5.56 Å². The fourth-order valence-electron chi connectivity index (χ4n) is 0.966. The molecule has 0 saturated carbocycles. The molecule has 0 fully saturated rings. The number of halogens is 1. The smallest absolute Gasteiger partial charge is 0.266 e. The number of nitrogens with zero attached hydrogens (tertiary/aromatic N) is 2. The maximum absolute atomic E-state index is 11.1. The Hall–Kier alpha value is -1.42. The number of hydrogen-bond donors (Lipinski definition) is 1. The maximum atomic E-state index is 11.1. The summed E-state index contributed by atoms with van der Waals surface area (Å²) in [6.45, 7) is 0. The van der Waals surface area contributed by atoms with E-state index < -0.39 is 0 Å². The van der Waals surface area contributed by atoms with E-state index in [0.29, 0.717) is 10.9 Å². The second-order valence-electron chi connectivity index (χ2n) is 2.24. The number of aromatic amines is 1. The third kappa shape index (κ3) is 0.967. The molecule has 0 aliphatic carbocycles. The van der Waals surface area contributed by atoms with Crippen LogP contribution >= 0.6 is 11.6 Å². The molecule has 0 aliphatic rings. The lowest BCUT2D eigenvalue weighted by molar-refractivity contribution is 1.00. The molecule has 2 heterocycles. The van der Waals surface area contributed by atoms with Crippen LogP contribution in [-0.4, -0.2) is 15.2 Å². The number of aromatic nitrogens is 3. The first kappa shape index (κ1) is 7.24. The van der Waals surface area contributed by atoms with Gasteiger partial charge >= 0.3 is 0 Å². The van der Waals surface area contributed by atoms with Crippen LogP contribution in [0.4, 0.5) is 0 Å². The summed E-state index contributed by atoms with van der Waals surface area (Å²) in [4.78, 5) is 15.0. The lowest BCUT2D eigenvalue weighted by atomic mass is 10.3. The van der Waals surface area contributed by atoms with E-state index in [9.17, 15) is 4.79 Å². The Labute approximate surface area is 72.2 Å². The van der Waals surface area contributed by atoms with Crippen LogP contribution in [0.25, 0.3) is 10.9 Å². The molecule has 0 aliphatic heterocycles. The summed E-state index contributed by atoms with van der Waals surface area (Å²) < 4.78 is 0. The average Bonchev–Trinajstić information content (AvgIpc) is 2.12. The first-order chi connectivity index (χ1) is 5.79. The highest BCUT2D eigenvalue weighted by Crippen LogP contribution is 2.13. The van der Waals surface area contributed by atoms with Gasteiger partial charge in [-0.15, -0.1) is 0 Å². The molecule has 0 bridgehead atoms. The van der Waals surface area contributed by atoms with Crippen molar-refractivity contribution < 1.29 is 0 Å². The van der Waals surface area contributed by atoms with Gasteiger partial charge in [0.2, 0.25) is 0 Å². The molecule has 5 heteroatoms. The molecule has 0 atom stereocenters. The lowest BCUT2D eigenvalue weighted by Crippen LogP contribution is -2.09. The van der Waals surface area contributed by atoms with E-state index in [-0.39, 0.29) is 10.7 Å². The first-order valence-electron chi connectivity index (χ1n) is 3.28. The molecule has 2 rings (SSSR count). The topological polar surface area (TPSA) is 58.6 Å². The molecule has 2 aromatic heterocycles. The predicted molar refractivity (Wildman–Crippen MR) is 45.2 cm³/mol. The molecule has 0 radical (unpaired) electrons. The van der Waals surface area contributed by atoms with Crippen LogP contribution in [0, 0.1) is 0 Å². The van der Waals surface area contributed by atoms with Crippen LogP contribution in [-0.2, 0) is 0 Å². The number of pyridine rings is 1. The minimum atomic E-state index is -0.324. The Morgan fingerprint density at radius 1 is 1.50 bits per heavy atom. The summed E-state index contributed by atoms with van der Waals surface area (Å²) in [7, 11) is 0. The van der Waals surface area contributed by atoms with Crippen molar-refractivity contribution in [2.75, 3.05) is 0 Å². The van der Waals surface area contributed by atoms with E-state index in [1.54, 1.807) is 12.1 Å². The molecule has 0 spiro atoms. The number of hydrogen-bond acceptors (Lipinski definition) is 3. The average molecular weight is 182 g/mol. The second-order valence-corrected chi connectivity index (χ2v) is 2.60. The van der Waals surface area contributed by atoms with Gasteiger partial charge in [-0.3, -0.25) is 9.78 Å². The normalized spacial score (nSPS) is 10.4. The van der Waals surface area contributed by atoms with Crippen LogP contribution in [0.2, 0.25) is 5.15 Å². The summed E-state index contributed by atoms with van der Waals surface area (Å²) in [5.41, 5.74) is -0.00694. The zero-order valence-electron chi connectivity index (χ0n) is 5.91. The van der Waals surface area contributed by atoms with Crippen molar-refractivity contribution in [3.8, 4) is 0 Å². The quantitative estimate of drug-likeness (QED) is 0.659. The second kappa shape index (κ2) is 2.57. The molecule has 60 valence electrons. The van der Waals surface area contributed by atoms with E-state index in [2.05, 4.69) is 15.2 Å². The Morgan fingerprint density at radius 3 is 3.08 bits per heavy atom. The molecule has 2 aromatic rings. The summed E-state index contributed by atoms with van der Waals surface area (Å²) in [6.07, 6.45) is 1.54. The molecule has 12 heavy (non-hydrogen) atoms. The third-order valence-electron chi connectivity index (χ3n) is 1.50. The zero-order chi connectivity index (χ0) is 8.55.